The minimum absolute atomic E-state index is 0.0148. The van der Waals surface area contributed by atoms with Crippen LogP contribution in [0, 0.1) is 0 Å². The van der Waals surface area contributed by atoms with Crippen LogP contribution in [0.2, 0.25) is 0 Å². The molecule has 0 aliphatic carbocycles. The molecule has 0 bridgehead atoms. The summed E-state index contributed by atoms with van der Waals surface area (Å²) in [6.45, 7) is 4.51. The lowest BCUT2D eigenvalue weighted by Crippen LogP contribution is -2.39. The van der Waals surface area contributed by atoms with Gasteiger partial charge < -0.3 is 9.47 Å². The molecular formula is C12H14N2O2. The molecule has 0 radical (unpaired) electrons. The Kier molecular flexibility index (Phi) is 2.64. The van der Waals surface area contributed by atoms with E-state index in [0.29, 0.717) is 13.1 Å². The zero-order chi connectivity index (χ0) is 11.7. The average molecular weight is 218 g/mol. The van der Waals surface area contributed by atoms with Crippen molar-refractivity contribution >= 4 is 5.91 Å². The van der Waals surface area contributed by atoms with Gasteiger partial charge in [0, 0.05) is 25.4 Å². The number of hydrogen-bond donors (Lipinski definition) is 0. The highest BCUT2D eigenvalue weighted by molar-refractivity contribution is 5.87. The van der Waals surface area contributed by atoms with Gasteiger partial charge in [-0.05, 0) is 24.1 Å². The summed E-state index contributed by atoms with van der Waals surface area (Å²) >= 11 is 0. The molecule has 2 rings (SSSR count). The van der Waals surface area contributed by atoms with E-state index in [2.05, 4.69) is 6.58 Å². The fourth-order valence-electron chi connectivity index (χ4n) is 1.97. The molecule has 0 atom stereocenters. The van der Waals surface area contributed by atoms with Gasteiger partial charge in [-0.1, -0.05) is 6.58 Å². The highest BCUT2D eigenvalue weighted by atomic mass is 16.2. The van der Waals surface area contributed by atoms with Gasteiger partial charge in [0.1, 0.15) is 0 Å². The number of hydrogen-bond acceptors (Lipinski definition) is 2. The van der Waals surface area contributed by atoms with E-state index in [-0.39, 0.29) is 11.5 Å². The predicted molar refractivity (Wildman–Crippen MR) is 61.0 cm³/mol. The summed E-state index contributed by atoms with van der Waals surface area (Å²) in [7, 11) is 1.72. The van der Waals surface area contributed by atoms with E-state index in [1.807, 2.05) is 6.07 Å². The Morgan fingerprint density at radius 3 is 3.00 bits per heavy atom. The Labute approximate surface area is 93.8 Å². The number of fused-ring (bicyclic) bond motifs is 1. The Balaban J connectivity index is 2.39. The summed E-state index contributed by atoms with van der Waals surface area (Å²) in [5, 5.41) is 0. The van der Waals surface area contributed by atoms with Gasteiger partial charge in [0.2, 0.25) is 5.91 Å². The molecule has 84 valence electrons. The average Bonchev–Trinajstić information content (AvgIpc) is 2.32. The van der Waals surface area contributed by atoms with Crippen molar-refractivity contribution in [3.8, 4) is 0 Å². The van der Waals surface area contributed by atoms with Gasteiger partial charge in [0.05, 0.1) is 6.54 Å². The van der Waals surface area contributed by atoms with Crippen molar-refractivity contribution in [2.45, 2.75) is 13.0 Å². The monoisotopic (exact) mass is 218 g/mol. The molecule has 4 nitrogen and oxygen atoms in total. The molecule has 0 N–H and O–H groups in total. The largest absolute Gasteiger partial charge is 0.334 e. The molecular weight excluding hydrogens is 204 g/mol. The molecule has 1 aromatic rings. The molecule has 1 aliphatic heterocycles. The van der Waals surface area contributed by atoms with Gasteiger partial charge in [0.15, 0.2) is 0 Å². The number of carbonyl (C=O) groups excluding carboxylic acids is 1. The third kappa shape index (κ3) is 1.66. The molecule has 4 heteroatoms. The fourth-order valence-corrected chi connectivity index (χ4v) is 1.97. The molecule has 16 heavy (non-hydrogen) atoms. The van der Waals surface area contributed by atoms with Crippen molar-refractivity contribution in [2.24, 2.45) is 7.05 Å². The third-order valence-electron chi connectivity index (χ3n) is 2.95. The van der Waals surface area contributed by atoms with Crippen molar-refractivity contribution in [3.05, 3.63) is 46.4 Å². The maximum Gasteiger partial charge on any atom is 0.255 e. The van der Waals surface area contributed by atoms with Crippen LogP contribution < -0.4 is 5.56 Å². The van der Waals surface area contributed by atoms with Gasteiger partial charge in [-0.2, -0.15) is 0 Å². The number of pyridine rings is 1. The van der Waals surface area contributed by atoms with Crippen LogP contribution in [0.4, 0.5) is 0 Å². The van der Waals surface area contributed by atoms with Crippen molar-refractivity contribution < 1.29 is 4.79 Å². The zero-order valence-electron chi connectivity index (χ0n) is 9.27. The van der Waals surface area contributed by atoms with E-state index >= 15 is 0 Å². The number of rotatable bonds is 1. The Morgan fingerprint density at radius 2 is 2.31 bits per heavy atom. The Hall–Kier alpha value is -1.84. The smallest absolute Gasteiger partial charge is 0.255 e. The van der Waals surface area contributed by atoms with Gasteiger partial charge in [0.25, 0.3) is 5.56 Å². The molecule has 1 aliphatic rings. The molecule has 0 unspecified atom stereocenters. The van der Waals surface area contributed by atoms with Crippen LogP contribution in [-0.4, -0.2) is 21.9 Å². The van der Waals surface area contributed by atoms with E-state index < -0.39 is 0 Å². The van der Waals surface area contributed by atoms with Gasteiger partial charge in [-0.25, -0.2) is 0 Å². The minimum Gasteiger partial charge on any atom is -0.334 e. The summed E-state index contributed by atoms with van der Waals surface area (Å²) < 4.78 is 1.54. The quantitative estimate of drug-likeness (QED) is 0.642. The predicted octanol–water partition coefficient (Wildman–Crippen LogP) is 0.456. The Morgan fingerprint density at radius 1 is 1.56 bits per heavy atom. The second kappa shape index (κ2) is 3.96. The molecule has 0 saturated heterocycles. The number of carbonyl (C=O) groups is 1. The maximum atomic E-state index is 11.9. The van der Waals surface area contributed by atoms with Gasteiger partial charge >= 0.3 is 0 Å². The molecule has 1 aromatic heterocycles. The molecule has 2 heterocycles. The van der Waals surface area contributed by atoms with Crippen LogP contribution in [-0.2, 0) is 24.8 Å². The lowest BCUT2D eigenvalue weighted by atomic mass is 10.0. The van der Waals surface area contributed by atoms with E-state index in [1.165, 1.54) is 6.08 Å². The lowest BCUT2D eigenvalue weighted by Gasteiger charge is -2.27. The van der Waals surface area contributed by atoms with E-state index in [4.69, 9.17) is 0 Å². The highest BCUT2D eigenvalue weighted by Gasteiger charge is 2.21. The minimum atomic E-state index is -0.114. The van der Waals surface area contributed by atoms with E-state index in [9.17, 15) is 9.59 Å². The summed E-state index contributed by atoms with van der Waals surface area (Å²) in [6, 6.07) is 1.95. The van der Waals surface area contributed by atoms with Crippen molar-refractivity contribution in [1.82, 2.24) is 9.47 Å². The first-order valence-corrected chi connectivity index (χ1v) is 5.22. The number of aromatic nitrogens is 1. The summed E-state index contributed by atoms with van der Waals surface area (Å²) in [6.07, 6.45) is 3.80. The lowest BCUT2D eigenvalue weighted by molar-refractivity contribution is -0.126. The van der Waals surface area contributed by atoms with Crippen LogP contribution in [0.3, 0.4) is 0 Å². The number of amides is 1. The highest BCUT2D eigenvalue weighted by Crippen LogP contribution is 2.15. The van der Waals surface area contributed by atoms with E-state index in [1.54, 1.807) is 22.7 Å². The topological polar surface area (TPSA) is 42.3 Å². The first kappa shape index (κ1) is 10.7. The molecule has 0 aromatic carbocycles. The molecule has 1 amide bonds. The van der Waals surface area contributed by atoms with Crippen LogP contribution in [0.25, 0.3) is 0 Å². The van der Waals surface area contributed by atoms with Gasteiger partial charge in [-0.3, -0.25) is 9.59 Å². The molecule has 0 saturated carbocycles. The SMILES string of the molecule is C=CC(=O)N1CCc2ccn(C)c(=O)c2C1. The second-order valence-electron chi connectivity index (χ2n) is 3.95. The van der Waals surface area contributed by atoms with Crippen LogP contribution in [0.1, 0.15) is 11.1 Å². The summed E-state index contributed by atoms with van der Waals surface area (Å²) in [5.41, 5.74) is 1.77. The fraction of sp³-hybridized carbons (Fsp3) is 0.333. The van der Waals surface area contributed by atoms with Crippen LogP contribution >= 0.6 is 0 Å². The molecule has 0 fully saturated rings. The van der Waals surface area contributed by atoms with E-state index in [0.717, 1.165) is 17.5 Å². The first-order valence-electron chi connectivity index (χ1n) is 5.22. The van der Waals surface area contributed by atoms with Crippen molar-refractivity contribution in [3.63, 3.8) is 0 Å². The standard InChI is InChI=1S/C12H14N2O2/c1-3-11(15)14-7-5-9-4-6-13(2)12(16)10(9)8-14/h3-4,6H,1,5,7-8H2,2H3. The maximum absolute atomic E-state index is 11.9. The Bertz CT molecular complexity index is 502. The zero-order valence-corrected chi connectivity index (χ0v) is 9.27. The summed E-state index contributed by atoms with van der Waals surface area (Å²) in [4.78, 5) is 25.0. The third-order valence-corrected chi connectivity index (χ3v) is 2.95. The number of nitrogens with zero attached hydrogens (tertiary/aromatic N) is 2. The van der Waals surface area contributed by atoms with Crippen LogP contribution in [0.15, 0.2) is 29.7 Å². The number of aryl methyl sites for hydroxylation is 1. The molecule has 0 spiro atoms. The normalized spacial score (nSPS) is 14.4. The first-order chi connectivity index (χ1) is 7.63. The van der Waals surface area contributed by atoms with Crippen molar-refractivity contribution in [2.75, 3.05) is 6.54 Å². The van der Waals surface area contributed by atoms with Crippen molar-refractivity contribution in [1.29, 1.82) is 0 Å². The summed E-state index contributed by atoms with van der Waals surface area (Å²) in [5.74, 6) is -0.114. The van der Waals surface area contributed by atoms with Gasteiger partial charge in [-0.15, -0.1) is 0 Å². The van der Waals surface area contributed by atoms with Crippen LogP contribution in [0.5, 0.6) is 0 Å². The second-order valence-corrected chi connectivity index (χ2v) is 3.95.